The summed E-state index contributed by atoms with van der Waals surface area (Å²) in [6.07, 6.45) is -2.41. The second kappa shape index (κ2) is 7.25. The highest BCUT2D eigenvalue weighted by atomic mass is 32.1. The van der Waals surface area contributed by atoms with Crippen LogP contribution in [0.2, 0.25) is 0 Å². The highest BCUT2D eigenvalue weighted by molar-refractivity contribution is 7.10. The molecule has 27 heavy (non-hydrogen) atoms. The number of amides is 2. The van der Waals surface area contributed by atoms with Crippen molar-refractivity contribution >= 4 is 29.1 Å². The number of nitrogens with zero attached hydrogens (tertiary/aromatic N) is 2. The van der Waals surface area contributed by atoms with E-state index >= 15 is 0 Å². The molecule has 0 saturated heterocycles. The first kappa shape index (κ1) is 13.6. The molecule has 1 aromatic heterocycles. The van der Waals surface area contributed by atoms with Gasteiger partial charge in [-0.05, 0) is 42.4 Å². The molecule has 2 amide bonds. The predicted molar refractivity (Wildman–Crippen MR) is 101 cm³/mol. The number of aryl methyl sites for hydroxylation is 1. The molecule has 1 atom stereocenters. The van der Waals surface area contributed by atoms with Crippen molar-refractivity contribution in [2.45, 2.75) is 19.3 Å². The maximum atomic E-state index is 12.9. The van der Waals surface area contributed by atoms with Crippen LogP contribution in [-0.2, 0) is 15.9 Å². The van der Waals surface area contributed by atoms with Gasteiger partial charge in [-0.1, -0.05) is 12.1 Å². The molecule has 0 bridgehead atoms. The first-order chi connectivity index (χ1) is 14.6. The Labute approximate surface area is 167 Å². The first-order valence-corrected chi connectivity index (χ1v) is 9.44. The molecule has 3 heterocycles. The second-order valence-corrected chi connectivity index (χ2v) is 7.10. The fourth-order valence-electron chi connectivity index (χ4n) is 3.29. The molecule has 2 aliphatic rings. The van der Waals surface area contributed by atoms with Gasteiger partial charge in [-0.15, -0.1) is 11.3 Å². The number of fused-ring (bicyclic) bond motifs is 2. The minimum absolute atomic E-state index is 0.0931. The summed E-state index contributed by atoms with van der Waals surface area (Å²) < 4.78 is 38.9. The number of thiophene rings is 1. The number of carbonyl (C=O) groups excluding carboxylic acids is 3. The molecule has 2 aliphatic heterocycles. The first-order valence-electron chi connectivity index (χ1n) is 10.6. The highest BCUT2D eigenvalue weighted by Crippen LogP contribution is 2.36. The Balaban J connectivity index is 1.76. The topological polar surface area (TPSA) is 66.9 Å². The van der Waals surface area contributed by atoms with E-state index in [1.807, 2.05) is 0 Å². The summed E-state index contributed by atoms with van der Waals surface area (Å²) in [6.45, 7) is -1.61. The lowest BCUT2D eigenvalue weighted by atomic mass is 10.0. The van der Waals surface area contributed by atoms with Gasteiger partial charge in [-0.3, -0.25) is 24.2 Å². The molecule has 0 fully saturated rings. The van der Waals surface area contributed by atoms with Crippen molar-refractivity contribution < 1.29 is 24.6 Å². The summed E-state index contributed by atoms with van der Waals surface area (Å²) in [5.41, 5.74) is 0.694. The van der Waals surface area contributed by atoms with Crippen LogP contribution in [-0.4, -0.2) is 53.8 Å². The maximum Gasteiger partial charge on any atom is 0.320 e. The molecule has 4 rings (SSSR count). The van der Waals surface area contributed by atoms with E-state index in [1.54, 1.807) is 36.6 Å². The van der Waals surface area contributed by atoms with Crippen LogP contribution < -0.4 is 0 Å². The van der Waals surface area contributed by atoms with Crippen LogP contribution in [0, 0.1) is 0 Å². The average molecular weight is 388 g/mol. The van der Waals surface area contributed by atoms with Crippen LogP contribution in [0.25, 0.3) is 0 Å². The number of benzene rings is 1. The van der Waals surface area contributed by atoms with Gasteiger partial charge in [0, 0.05) is 23.4 Å². The molecule has 0 N–H and O–H groups in total. The number of esters is 1. The summed E-state index contributed by atoms with van der Waals surface area (Å²) in [5.74, 6) is -1.71. The van der Waals surface area contributed by atoms with E-state index in [9.17, 15) is 14.4 Å². The van der Waals surface area contributed by atoms with Crippen molar-refractivity contribution in [2.24, 2.45) is 0 Å². The summed E-state index contributed by atoms with van der Waals surface area (Å²) in [6, 6.07) is 7.04. The van der Waals surface area contributed by atoms with Gasteiger partial charge in [0.1, 0.15) is 0 Å². The van der Waals surface area contributed by atoms with Gasteiger partial charge in [0.2, 0.25) is 0 Å². The van der Waals surface area contributed by atoms with Crippen LogP contribution in [0.3, 0.4) is 0 Å². The molecule has 1 unspecified atom stereocenters. The number of ether oxygens (including phenoxy) is 1. The molecule has 6 nitrogen and oxygen atoms in total. The van der Waals surface area contributed by atoms with Gasteiger partial charge >= 0.3 is 5.97 Å². The Morgan fingerprint density at radius 2 is 1.96 bits per heavy atom. The van der Waals surface area contributed by atoms with Crippen molar-refractivity contribution in [3.8, 4) is 0 Å². The van der Waals surface area contributed by atoms with E-state index in [-0.39, 0.29) is 29.8 Å². The van der Waals surface area contributed by atoms with Crippen molar-refractivity contribution in [1.29, 1.82) is 0 Å². The van der Waals surface area contributed by atoms with Gasteiger partial charge in [0.15, 0.2) is 0 Å². The Morgan fingerprint density at radius 3 is 2.63 bits per heavy atom. The SMILES string of the molecule is [2H]C1([2H])c2ccsc2C(CN2C(=O)c3ccccc3C2=O)N(CC(=O)OCC)C1([2H])[2H]. The molecule has 140 valence electrons. The average Bonchev–Trinajstić information content (AvgIpc) is 3.30. The third-order valence-electron chi connectivity index (χ3n) is 4.55. The number of hydrogen-bond acceptors (Lipinski definition) is 6. The standard InChI is InChI=1S/C20H20N2O4S/c1-2-26-17(23)12-21-9-7-13-8-10-27-18(13)16(21)11-22-19(24)14-5-3-4-6-15(14)20(22)25/h3-6,8,10,16H,2,7,9,11-12H2,1H3/i7D2,9D2. The zero-order valence-electron chi connectivity index (χ0n) is 18.6. The van der Waals surface area contributed by atoms with Crippen LogP contribution in [0.15, 0.2) is 35.7 Å². The minimum atomic E-state index is -2.59. The lowest BCUT2D eigenvalue weighted by Crippen LogP contribution is -2.45. The number of hydrogen-bond donors (Lipinski definition) is 0. The Morgan fingerprint density at radius 1 is 1.26 bits per heavy atom. The highest BCUT2D eigenvalue weighted by Gasteiger charge is 2.40. The third-order valence-corrected chi connectivity index (χ3v) is 5.56. The van der Waals surface area contributed by atoms with Crippen LogP contribution in [0.1, 0.15) is 49.6 Å². The number of rotatable bonds is 5. The van der Waals surface area contributed by atoms with E-state index in [0.29, 0.717) is 4.88 Å². The van der Waals surface area contributed by atoms with E-state index in [4.69, 9.17) is 10.2 Å². The van der Waals surface area contributed by atoms with Crippen molar-refractivity contribution in [2.75, 3.05) is 26.2 Å². The lowest BCUT2D eigenvalue weighted by Gasteiger charge is -2.36. The largest absolute Gasteiger partial charge is 0.465 e. The zero-order valence-corrected chi connectivity index (χ0v) is 15.4. The summed E-state index contributed by atoms with van der Waals surface area (Å²) in [5, 5.41) is 1.64. The van der Waals surface area contributed by atoms with Gasteiger partial charge in [0.25, 0.3) is 11.8 Å². The fraction of sp³-hybridized carbons (Fsp3) is 0.350. The summed E-state index contributed by atoms with van der Waals surface area (Å²) in [4.78, 5) is 40.6. The molecular weight excluding hydrogens is 364 g/mol. The normalized spacial score (nSPS) is 25.1. The van der Waals surface area contributed by atoms with E-state index < -0.39 is 43.2 Å². The van der Waals surface area contributed by atoms with Crippen LogP contribution >= 0.6 is 11.3 Å². The molecule has 0 saturated carbocycles. The van der Waals surface area contributed by atoms with Crippen molar-refractivity contribution in [3.63, 3.8) is 0 Å². The summed E-state index contributed by atoms with van der Waals surface area (Å²) in [7, 11) is 0. The minimum Gasteiger partial charge on any atom is -0.465 e. The molecule has 1 aromatic carbocycles. The van der Waals surface area contributed by atoms with E-state index in [2.05, 4.69) is 0 Å². The predicted octanol–water partition coefficient (Wildman–Crippen LogP) is 2.51. The van der Waals surface area contributed by atoms with Crippen molar-refractivity contribution in [3.05, 3.63) is 57.3 Å². The lowest BCUT2D eigenvalue weighted by molar-refractivity contribution is -0.145. The third kappa shape index (κ3) is 3.17. The molecule has 0 radical (unpaired) electrons. The molecular formula is C20H20N2O4S. The Kier molecular flexibility index (Phi) is 3.66. The van der Waals surface area contributed by atoms with E-state index in [0.717, 1.165) is 9.80 Å². The zero-order chi connectivity index (χ0) is 22.6. The van der Waals surface area contributed by atoms with Crippen LogP contribution in [0.5, 0.6) is 0 Å². The van der Waals surface area contributed by atoms with Crippen molar-refractivity contribution in [1.82, 2.24) is 9.80 Å². The molecule has 7 heteroatoms. The summed E-state index contributed by atoms with van der Waals surface area (Å²) >= 11 is 1.20. The van der Waals surface area contributed by atoms with Gasteiger partial charge in [-0.25, -0.2) is 0 Å². The molecule has 2 aromatic rings. The smallest absolute Gasteiger partial charge is 0.320 e. The molecule has 0 aliphatic carbocycles. The van der Waals surface area contributed by atoms with Gasteiger partial charge in [0.05, 0.1) is 30.3 Å². The quantitative estimate of drug-likeness (QED) is 0.582. The Hall–Kier alpha value is -2.51. The van der Waals surface area contributed by atoms with Gasteiger partial charge in [-0.2, -0.15) is 0 Å². The van der Waals surface area contributed by atoms with Gasteiger partial charge < -0.3 is 4.74 Å². The monoisotopic (exact) mass is 388 g/mol. The van der Waals surface area contributed by atoms with Crippen LogP contribution in [0.4, 0.5) is 0 Å². The second-order valence-electron chi connectivity index (χ2n) is 6.15. The number of imide groups is 1. The Bertz CT molecular complexity index is 1040. The molecule has 0 spiro atoms. The fourth-order valence-corrected chi connectivity index (χ4v) is 4.24. The maximum absolute atomic E-state index is 12.9. The number of carbonyl (C=O) groups is 3. The van der Waals surface area contributed by atoms with E-state index in [1.165, 1.54) is 17.4 Å².